The van der Waals surface area contributed by atoms with Crippen molar-refractivity contribution in [2.45, 2.75) is 40.3 Å². The first-order chi connectivity index (χ1) is 12.1. The van der Waals surface area contributed by atoms with Crippen molar-refractivity contribution in [1.29, 1.82) is 0 Å². The first kappa shape index (κ1) is 19.4. The summed E-state index contributed by atoms with van der Waals surface area (Å²) < 4.78 is 0. The van der Waals surface area contributed by atoms with Gasteiger partial charge in [-0.3, -0.25) is 19.3 Å². The largest absolute Gasteiger partial charge is 0.344 e. The molecular formula is C18H24N4O4. The Balaban J connectivity index is 1.92. The number of carbonyl (C=O) groups is 4. The lowest BCUT2D eigenvalue weighted by molar-refractivity contribution is -0.131. The molecule has 1 saturated heterocycles. The van der Waals surface area contributed by atoms with Gasteiger partial charge in [-0.25, -0.2) is 4.79 Å². The van der Waals surface area contributed by atoms with E-state index in [1.807, 2.05) is 0 Å². The molecule has 8 nitrogen and oxygen atoms in total. The summed E-state index contributed by atoms with van der Waals surface area (Å²) >= 11 is 0. The fourth-order valence-electron chi connectivity index (χ4n) is 2.22. The molecule has 1 aromatic carbocycles. The molecule has 2 rings (SSSR count). The SMILES string of the molecule is C[C@H](NC(=O)C(C)(C)C)C(=O)Nc1ccc(CN2C(=O)CNC2=O)cc1. The van der Waals surface area contributed by atoms with Crippen LogP contribution in [0.25, 0.3) is 0 Å². The third-order valence-electron chi connectivity index (χ3n) is 3.92. The number of imide groups is 1. The number of nitrogens with one attached hydrogen (secondary N) is 3. The van der Waals surface area contributed by atoms with Crippen molar-refractivity contribution in [1.82, 2.24) is 15.5 Å². The number of hydrogen-bond acceptors (Lipinski definition) is 4. The van der Waals surface area contributed by atoms with E-state index in [4.69, 9.17) is 0 Å². The fraction of sp³-hybridized carbons (Fsp3) is 0.444. The Morgan fingerprint density at radius 2 is 1.81 bits per heavy atom. The molecule has 5 amide bonds. The molecule has 1 aliphatic rings. The minimum Gasteiger partial charge on any atom is -0.344 e. The lowest BCUT2D eigenvalue weighted by atomic mass is 9.95. The highest BCUT2D eigenvalue weighted by Crippen LogP contribution is 2.15. The molecule has 0 unspecified atom stereocenters. The number of nitrogens with zero attached hydrogens (tertiary/aromatic N) is 1. The molecule has 1 aliphatic heterocycles. The van der Waals surface area contributed by atoms with E-state index in [1.165, 1.54) is 0 Å². The van der Waals surface area contributed by atoms with Crippen molar-refractivity contribution >= 4 is 29.4 Å². The van der Waals surface area contributed by atoms with Crippen LogP contribution in [-0.2, 0) is 20.9 Å². The van der Waals surface area contributed by atoms with E-state index in [9.17, 15) is 19.2 Å². The molecule has 1 atom stereocenters. The maximum atomic E-state index is 12.2. The van der Waals surface area contributed by atoms with Crippen LogP contribution >= 0.6 is 0 Å². The average Bonchev–Trinajstić information content (AvgIpc) is 2.87. The first-order valence-electron chi connectivity index (χ1n) is 8.37. The number of hydrogen-bond donors (Lipinski definition) is 3. The molecule has 0 aromatic heterocycles. The van der Waals surface area contributed by atoms with E-state index >= 15 is 0 Å². The summed E-state index contributed by atoms with van der Waals surface area (Å²) in [5, 5.41) is 7.85. The highest BCUT2D eigenvalue weighted by Gasteiger charge is 2.28. The number of rotatable bonds is 5. The van der Waals surface area contributed by atoms with Gasteiger partial charge < -0.3 is 16.0 Å². The summed E-state index contributed by atoms with van der Waals surface area (Å²) in [7, 11) is 0. The van der Waals surface area contributed by atoms with E-state index in [0.717, 1.165) is 10.5 Å². The van der Waals surface area contributed by atoms with Crippen LogP contribution in [0.4, 0.5) is 10.5 Å². The van der Waals surface area contributed by atoms with Gasteiger partial charge in [0.25, 0.3) is 0 Å². The lowest BCUT2D eigenvalue weighted by Gasteiger charge is -2.21. The second-order valence-electron chi connectivity index (χ2n) is 7.27. The second-order valence-corrected chi connectivity index (χ2v) is 7.27. The quantitative estimate of drug-likeness (QED) is 0.686. The van der Waals surface area contributed by atoms with E-state index in [1.54, 1.807) is 52.0 Å². The zero-order valence-corrected chi connectivity index (χ0v) is 15.4. The molecule has 0 saturated carbocycles. The van der Waals surface area contributed by atoms with Crippen LogP contribution in [0, 0.1) is 5.41 Å². The zero-order chi connectivity index (χ0) is 19.5. The van der Waals surface area contributed by atoms with Gasteiger partial charge in [-0.2, -0.15) is 0 Å². The van der Waals surface area contributed by atoms with Crippen molar-refractivity contribution in [2.75, 3.05) is 11.9 Å². The minimum atomic E-state index is -0.674. The Hall–Kier alpha value is -2.90. The average molecular weight is 360 g/mol. The predicted molar refractivity (Wildman–Crippen MR) is 96.1 cm³/mol. The van der Waals surface area contributed by atoms with Crippen molar-refractivity contribution in [3.63, 3.8) is 0 Å². The first-order valence-corrected chi connectivity index (χ1v) is 8.37. The summed E-state index contributed by atoms with van der Waals surface area (Å²) in [6.45, 7) is 7.14. The number of anilines is 1. The predicted octanol–water partition coefficient (Wildman–Crippen LogP) is 1.23. The molecular weight excluding hydrogens is 336 g/mol. The van der Waals surface area contributed by atoms with Gasteiger partial charge in [-0.1, -0.05) is 32.9 Å². The highest BCUT2D eigenvalue weighted by molar-refractivity contribution is 6.02. The van der Waals surface area contributed by atoms with Crippen LogP contribution < -0.4 is 16.0 Å². The third kappa shape index (κ3) is 4.81. The fourth-order valence-corrected chi connectivity index (χ4v) is 2.22. The minimum absolute atomic E-state index is 0.0190. The topological polar surface area (TPSA) is 108 Å². The van der Waals surface area contributed by atoms with Crippen molar-refractivity contribution in [3.05, 3.63) is 29.8 Å². The Morgan fingerprint density at radius 3 is 2.31 bits per heavy atom. The standard InChI is InChI=1S/C18H24N4O4/c1-11(20-16(25)18(2,3)4)15(24)21-13-7-5-12(6-8-13)10-22-14(23)9-19-17(22)26/h5-8,11H,9-10H2,1-4H3,(H,19,26)(H,20,25)(H,21,24)/t11-/m0/s1. The van der Waals surface area contributed by atoms with Crippen LogP contribution in [0.5, 0.6) is 0 Å². The number of urea groups is 1. The van der Waals surface area contributed by atoms with Crippen LogP contribution in [0.3, 0.4) is 0 Å². The molecule has 0 bridgehead atoms. The van der Waals surface area contributed by atoms with Crippen molar-refractivity contribution in [2.24, 2.45) is 5.41 Å². The van der Waals surface area contributed by atoms with Crippen LogP contribution in [0.1, 0.15) is 33.3 Å². The van der Waals surface area contributed by atoms with Crippen molar-refractivity contribution < 1.29 is 19.2 Å². The number of amides is 5. The molecule has 140 valence electrons. The van der Waals surface area contributed by atoms with Gasteiger partial charge in [-0.05, 0) is 24.6 Å². The third-order valence-corrected chi connectivity index (χ3v) is 3.92. The van der Waals surface area contributed by atoms with E-state index < -0.39 is 17.5 Å². The summed E-state index contributed by atoms with van der Waals surface area (Å²) in [4.78, 5) is 48.4. The highest BCUT2D eigenvalue weighted by atomic mass is 16.2. The molecule has 1 aromatic rings. The van der Waals surface area contributed by atoms with Crippen LogP contribution in [-0.4, -0.2) is 41.2 Å². The molecule has 0 radical (unpaired) electrons. The lowest BCUT2D eigenvalue weighted by Crippen LogP contribution is -2.46. The van der Waals surface area contributed by atoms with Gasteiger partial charge in [0, 0.05) is 11.1 Å². The Labute approximate surface area is 152 Å². The molecule has 8 heteroatoms. The Bertz CT molecular complexity index is 706. The Morgan fingerprint density at radius 1 is 1.19 bits per heavy atom. The molecule has 1 fully saturated rings. The Kier molecular flexibility index (Phi) is 5.64. The van der Waals surface area contributed by atoms with Gasteiger partial charge in [0.2, 0.25) is 17.7 Å². The van der Waals surface area contributed by atoms with E-state index in [-0.39, 0.29) is 30.8 Å². The number of benzene rings is 1. The molecule has 0 spiro atoms. The van der Waals surface area contributed by atoms with Gasteiger partial charge in [-0.15, -0.1) is 0 Å². The molecule has 0 aliphatic carbocycles. The van der Waals surface area contributed by atoms with Crippen LogP contribution in [0.2, 0.25) is 0 Å². The maximum absolute atomic E-state index is 12.2. The number of carbonyl (C=O) groups excluding carboxylic acids is 4. The zero-order valence-electron chi connectivity index (χ0n) is 15.4. The monoisotopic (exact) mass is 360 g/mol. The summed E-state index contributed by atoms with van der Waals surface area (Å²) in [5.41, 5.74) is 0.755. The smallest absolute Gasteiger partial charge is 0.324 e. The van der Waals surface area contributed by atoms with Gasteiger partial charge in [0.05, 0.1) is 13.1 Å². The van der Waals surface area contributed by atoms with Gasteiger partial charge >= 0.3 is 6.03 Å². The van der Waals surface area contributed by atoms with Crippen molar-refractivity contribution in [3.8, 4) is 0 Å². The van der Waals surface area contributed by atoms with Gasteiger partial charge in [0.1, 0.15) is 6.04 Å². The molecule has 3 N–H and O–H groups in total. The summed E-state index contributed by atoms with van der Waals surface area (Å²) in [6, 6.07) is 5.75. The second kappa shape index (κ2) is 7.55. The normalized spacial score (nSPS) is 15.5. The summed E-state index contributed by atoms with van der Waals surface area (Å²) in [5.74, 6) is -0.802. The molecule has 1 heterocycles. The maximum Gasteiger partial charge on any atom is 0.324 e. The van der Waals surface area contributed by atoms with Crippen LogP contribution in [0.15, 0.2) is 24.3 Å². The molecule has 26 heavy (non-hydrogen) atoms. The summed E-state index contributed by atoms with van der Waals surface area (Å²) in [6.07, 6.45) is 0. The van der Waals surface area contributed by atoms with E-state index in [2.05, 4.69) is 16.0 Å². The van der Waals surface area contributed by atoms with E-state index in [0.29, 0.717) is 5.69 Å². The van der Waals surface area contributed by atoms with Gasteiger partial charge in [0.15, 0.2) is 0 Å².